The molecular formula is C10H16N2O3. The number of amides is 2. The van der Waals surface area contributed by atoms with Crippen molar-refractivity contribution in [1.29, 1.82) is 0 Å². The summed E-state index contributed by atoms with van der Waals surface area (Å²) in [4.78, 5) is 25.7. The van der Waals surface area contributed by atoms with E-state index in [1.807, 2.05) is 4.90 Å². The standard InChI is InChI=1S/C10H16N2O3/c13-9(14)4-5-11-6-7-12(10(11)15)8-2-1-3-8/h8H,1-7H2,(H,13,14). The van der Waals surface area contributed by atoms with Crippen molar-refractivity contribution in [1.82, 2.24) is 9.80 Å². The van der Waals surface area contributed by atoms with E-state index >= 15 is 0 Å². The molecule has 0 bridgehead atoms. The van der Waals surface area contributed by atoms with Gasteiger partial charge in [0, 0.05) is 25.7 Å². The molecule has 1 N–H and O–H groups in total. The number of carboxylic acid groups (broad SMARTS) is 1. The lowest BCUT2D eigenvalue weighted by Crippen LogP contribution is -2.43. The summed E-state index contributed by atoms with van der Waals surface area (Å²) in [5.41, 5.74) is 0. The van der Waals surface area contributed by atoms with Crippen LogP contribution in [0.1, 0.15) is 25.7 Å². The van der Waals surface area contributed by atoms with Crippen LogP contribution in [-0.4, -0.2) is 52.6 Å². The molecule has 1 aliphatic heterocycles. The van der Waals surface area contributed by atoms with Crippen LogP contribution in [0.5, 0.6) is 0 Å². The third kappa shape index (κ3) is 2.06. The first-order valence-electron chi connectivity index (χ1n) is 5.46. The quantitative estimate of drug-likeness (QED) is 0.748. The van der Waals surface area contributed by atoms with Gasteiger partial charge in [-0.05, 0) is 19.3 Å². The summed E-state index contributed by atoms with van der Waals surface area (Å²) in [5.74, 6) is -0.843. The predicted molar refractivity (Wildman–Crippen MR) is 53.6 cm³/mol. The van der Waals surface area contributed by atoms with Crippen LogP contribution < -0.4 is 0 Å². The zero-order valence-corrected chi connectivity index (χ0v) is 8.69. The first-order valence-corrected chi connectivity index (χ1v) is 5.46. The average Bonchev–Trinajstić information content (AvgIpc) is 2.43. The molecule has 1 saturated carbocycles. The van der Waals surface area contributed by atoms with Gasteiger partial charge in [0.15, 0.2) is 0 Å². The van der Waals surface area contributed by atoms with E-state index in [1.54, 1.807) is 4.90 Å². The molecule has 1 heterocycles. The van der Waals surface area contributed by atoms with E-state index < -0.39 is 5.97 Å². The zero-order valence-electron chi connectivity index (χ0n) is 8.69. The second-order valence-corrected chi connectivity index (χ2v) is 4.19. The molecule has 0 aromatic heterocycles. The van der Waals surface area contributed by atoms with Crippen molar-refractivity contribution in [3.8, 4) is 0 Å². The fraction of sp³-hybridized carbons (Fsp3) is 0.800. The van der Waals surface area contributed by atoms with E-state index in [0.29, 0.717) is 19.1 Å². The van der Waals surface area contributed by atoms with Gasteiger partial charge in [0.2, 0.25) is 0 Å². The summed E-state index contributed by atoms with van der Waals surface area (Å²) in [5, 5.41) is 8.54. The van der Waals surface area contributed by atoms with Crippen molar-refractivity contribution in [3.05, 3.63) is 0 Å². The van der Waals surface area contributed by atoms with Gasteiger partial charge < -0.3 is 14.9 Å². The predicted octanol–water partition coefficient (Wildman–Crippen LogP) is 0.751. The van der Waals surface area contributed by atoms with Gasteiger partial charge in [0.25, 0.3) is 0 Å². The van der Waals surface area contributed by atoms with Gasteiger partial charge in [-0.1, -0.05) is 0 Å². The molecular weight excluding hydrogens is 196 g/mol. The Hall–Kier alpha value is -1.26. The highest BCUT2D eigenvalue weighted by atomic mass is 16.4. The van der Waals surface area contributed by atoms with Crippen LogP contribution in [-0.2, 0) is 4.79 Å². The number of carboxylic acids is 1. The maximum absolute atomic E-state index is 11.8. The number of carbonyl (C=O) groups is 2. The number of hydrogen-bond donors (Lipinski definition) is 1. The Balaban J connectivity index is 1.83. The minimum absolute atomic E-state index is 0.0287. The molecule has 84 valence electrons. The molecule has 0 aromatic carbocycles. The molecule has 15 heavy (non-hydrogen) atoms. The Bertz CT molecular complexity index is 276. The van der Waals surface area contributed by atoms with Gasteiger partial charge in [-0.15, -0.1) is 0 Å². The van der Waals surface area contributed by atoms with E-state index in [9.17, 15) is 9.59 Å². The van der Waals surface area contributed by atoms with Crippen LogP contribution in [0.15, 0.2) is 0 Å². The highest BCUT2D eigenvalue weighted by Gasteiger charge is 2.35. The van der Waals surface area contributed by atoms with Crippen LogP contribution in [0.25, 0.3) is 0 Å². The van der Waals surface area contributed by atoms with Crippen molar-refractivity contribution >= 4 is 12.0 Å². The second-order valence-electron chi connectivity index (χ2n) is 4.19. The van der Waals surface area contributed by atoms with E-state index in [4.69, 9.17) is 5.11 Å². The zero-order chi connectivity index (χ0) is 10.8. The topological polar surface area (TPSA) is 60.9 Å². The first kappa shape index (κ1) is 10.3. The van der Waals surface area contributed by atoms with E-state index in [2.05, 4.69) is 0 Å². The summed E-state index contributed by atoms with van der Waals surface area (Å²) < 4.78 is 0. The summed E-state index contributed by atoms with van der Waals surface area (Å²) in [6.07, 6.45) is 3.48. The number of carbonyl (C=O) groups excluding carboxylic acids is 1. The molecule has 2 amide bonds. The monoisotopic (exact) mass is 212 g/mol. The lowest BCUT2D eigenvalue weighted by atomic mass is 9.92. The molecule has 0 unspecified atom stereocenters. The Morgan fingerprint density at radius 1 is 1.40 bits per heavy atom. The van der Waals surface area contributed by atoms with Crippen LogP contribution in [0.3, 0.4) is 0 Å². The van der Waals surface area contributed by atoms with Crippen molar-refractivity contribution in [3.63, 3.8) is 0 Å². The third-order valence-electron chi connectivity index (χ3n) is 3.24. The molecule has 2 rings (SSSR count). The van der Waals surface area contributed by atoms with Crippen molar-refractivity contribution < 1.29 is 14.7 Å². The fourth-order valence-corrected chi connectivity index (χ4v) is 2.08. The van der Waals surface area contributed by atoms with Crippen molar-refractivity contribution in [2.24, 2.45) is 0 Å². The minimum Gasteiger partial charge on any atom is -0.481 e. The van der Waals surface area contributed by atoms with Crippen molar-refractivity contribution in [2.75, 3.05) is 19.6 Å². The molecule has 1 saturated heterocycles. The van der Waals surface area contributed by atoms with Crippen LogP contribution in [0, 0.1) is 0 Å². The summed E-state index contributed by atoms with van der Waals surface area (Å²) in [6, 6.07) is 0.452. The van der Waals surface area contributed by atoms with Crippen molar-refractivity contribution in [2.45, 2.75) is 31.7 Å². The minimum atomic E-state index is -0.843. The van der Waals surface area contributed by atoms with Gasteiger partial charge in [-0.25, -0.2) is 4.79 Å². The lowest BCUT2D eigenvalue weighted by molar-refractivity contribution is -0.137. The molecule has 5 nitrogen and oxygen atoms in total. The van der Waals surface area contributed by atoms with Gasteiger partial charge in [0.1, 0.15) is 0 Å². The smallest absolute Gasteiger partial charge is 0.320 e. The number of rotatable bonds is 4. The van der Waals surface area contributed by atoms with Crippen LogP contribution in [0.4, 0.5) is 4.79 Å². The molecule has 0 aromatic rings. The highest BCUT2D eigenvalue weighted by Crippen LogP contribution is 2.27. The molecule has 1 aliphatic carbocycles. The molecule has 0 atom stereocenters. The fourth-order valence-electron chi connectivity index (χ4n) is 2.08. The Kier molecular flexibility index (Phi) is 2.79. The normalized spacial score (nSPS) is 22.0. The highest BCUT2D eigenvalue weighted by molar-refractivity contribution is 5.77. The number of hydrogen-bond acceptors (Lipinski definition) is 2. The molecule has 5 heteroatoms. The number of nitrogens with zero attached hydrogens (tertiary/aromatic N) is 2. The summed E-state index contributed by atoms with van der Waals surface area (Å²) >= 11 is 0. The van der Waals surface area contributed by atoms with Gasteiger partial charge in [0.05, 0.1) is 6.42 Å². The largest absolute Gasteiger partial charge is 0.481 e. The van der Waals surface area contributed by atoms with E-state index in [-0.39, 0.29) is 12.5 Å². The Morgan fingerprint density at radius 3 is 2.67 bits per heavy atom. The maximum atomic E-state index is 11.8. The van der Waals surface area contributed by atoms with Crippen LogP contribution in [0.2, 0.25) is 0 Å². The average molecular weight is 212 g/mol. The third-order valence-corrected chi connectivity index (χ3v) is 3.24. The maximum Gasteiger partial charge on any atom is 0.320 e. The summed E-state index contributed by atoms with van der Waals surface area (Å²) in [7, 11) is 0. The Morgan fingerprint density at radius 2 is 2.13 bits per heavy atom. The SMILES string of the molecule is O=C(O)CCN1CCN(C2CCC2)C1=O. The molecule has 0 spiro atoms. The van der Waals surface area contributed by atoms with Gasteiger partial charge >= 0.3 is 12.0 Å². The van der Waals surface area contributed by atoms with E-state index in [0.717, 1.165) is 19.4 Å². The summed E-state index contributed by atoms with van der Waals surface area (Å²) in [6.45, 7) is 1.79. The molecule has 2 aliphatic rings. The van der Waals surface area contributed by atoms with E-state index in [1.165, 1.54) is 6.42 Å². The Labute approximate surface area is 88.6 Å². The first-order chi connectivity index (χ1) is 7.18. The molecule has 2 fully saturated rings. The van der Waals surface area contributed by atoms with Crippen LogP contribution >= 0.6 is 0 Å². The second kappa shape index (κ2) is 4.08. The number of aliphatic carboxylic acids is 1. The molecule has 0 radical (unpaired) electrons. The lowest BCUT2D eigenvalue weighted by Gasteiger charge is -2.34. The number of urea groups is 1. The van der Waals surface area contributed by atoms with Gasteiger partial charge in [-0.2, -0.15) is 0 Å². The van der Waals surface area contributed by atoms with Gasteiger partial charge in [-0.3, -0.25) is 4.79 Å².